The Hall–Kier alpha value is -3.15. The van der Waals surface area contributed by atoms with Gasteiger partial charge in [0.15, 0.2) is 5.82 Å². The van der Waals surface area contributed by atoms with Crippen LogP contribution < -0.4 is 15.0 Å². The van der Waals surface area contributed by atoms with Crippen molar-refractivity contribution in [2.75, 3.05) is 24.6 Å². The van der Waals surface area contributed by atoms with Gasteiger partial charge in [-0.05, 0) is 43.9 Å². The molecule has 1 saturated heterocycles. The van der Waals surface area contributed by atoms with E-state index in [0.29, 0.717) is 12.5 Å². The fourth-order valence-corrected chi connectivity index (χ4v) is 3.99. The van der Waals surface area contributed by atoms with Crippen LogP contribution in [-0.4, -0.2) is 35.6 Å². The predicted molar refractivity (Wildman–Crippen MR) is 123 cm³/mol. The van der Waals surface area contributed by atoms with E-state index in [9.17, 15) is 4.79 Å². The Labute approximate surface area is 183 Å². The number of nitrogens with zero attached hydrogens (tertiary/aromatic N) is 3. The summed E-state index contributed by atoms with van der Waals surface area (Å²) in [4.78, 5) is 24.6. The molecule has 1 amide bonds. The van der Waals surface area contributed by atoms with E-state index in [1.807, 2.05) is 61.5 Å². The number of hydrogen-bond acceptors (Lipinski definition) is 5. The number of amides is 1. The number of nitrogens with one attached hydrogen (secondary N) is 1. The highest BCUT2D eigenvalue weighted by Crippen LogP contribution is 2.31. The Morgan fingerprint density at radius 1 is 1.06 bits per heavy atom. The summed E-state index contributed by atoms with van der Waals surface area (Å²) < 4.78 is 5.93. The molecule has 0 saturated carbocycles. The minimum absolute atomic E-state index is 0.00660. The SMILES string of the molecule is CCCOc1nc2ccccc2nc1N1CCC(C(=O)N[C@H](C)c2ccccc2)CC1. The number of fused-ring (bicyclic) bond motifs is 1. The molecule has 3 aromatic rings. The molecule has 1 aliphatic rings. The van der Waals surface area contributed by atoms with Crippen molar-refractivity contribution in [1.29, 1.82) is 0 Å². The second-order valence-electron chi connectivity index (χ2n) is 8.09. The molecule has 1 fully saturated rings. The highest BCUT2D eigenvalue weighted by atomic mass is 16.5. The maximum absolute atomic E-state index is 12.8. The van der Waals surface area contributed by atoms with Crippen molar-refractivity contribution in [3.05, 3.63) is 60.2 Å². The molecule has 1 aromatic heterocycles. The van der Waals surface area contributed by atoms with Crippen molar-refractivity contribution < 1.29 is 9.53 Å². The molecule has 0 radical (unpaired) electrons. The van der Waals surface area contributed by atoms with Gasteiger partial charge < -0.3 is 15.0 Å². The van der Waals surface area contributed by atoms with E-state index >= 15 is 0 Å². The number of anilines is 1. The van der Waals surface area contributed by atoms with Crippen molar-refractivity contribution in [3.63, 3.8) is 0 Å². The predicted octanol–water partition coefficient (Wildman–Crippen LogP) is 4.51. The summed E-state index contributed by atoms with van der Waals surface area (Å²) in [5, 5.41) is 3.17. The van der Waals surface area contributed by atoms with Gasteiger partial charge >= 0.3 is 0 Å². The fraction of sp³-hybridized carbons (Fsp3) is 0.400. The number of carbonyl (C=O) groups excluding carboxylic acids is 1. The highest BCUT2D eigenvalue weighted by molar-refractivity contribution is 5.80. The van der Waals surface area contributed by atoms with Crippen molar-refractivity contribution in [3.8, 4) is 5.88 Å². The van der Waals surface area contributed by atoms with Crippen LogP contribution >= 0.6 is 0 Å². The van der Waals surface area contributed by atoms with Gasteiger partial charge in [-0.2, -0.15) is 0 Å². The average molecular weight is 419 g/mol. The lowest BCUT2D eigenvalue weighted by molar-refractivity contribution is -0.126. The number of benzene rings is 2. The lowest BCUT2D eigenvalue weighted by Crippen LogP contribution is -2.41. The van der Waals surface area contributed by atoms with E-state index in [1.165, 1.54) is 0 Å². The smallest absolute Gasteiger partial charge is 0.258 e. The Kier molecular flexibility index (Phi) is 6.65. The summed E-state index contributed by atoms with van der Waals surface area (Å²) in [7, 11) is 0. The molecule has 1 atom stereocenters. The second-order valence-corrected chi connectivity index (χ2v) is 8.09. The van der Waals surface area contributed by atoms with Crippen LogP contribution in [0.1, 0.15) is 44.7 Å². The maximum atomic E-state index is 12.8. The van der Waals surface area contributed by atoms with Crippen molar-refractivity contribution in [1.82, 2.24) is 15.3 Å². The van der Waals surface area contributed by atoms with Gasteiger partial charge in [0.2, 0.25) is 5.91 Å². The minimum Gasteiger partial charge on any atom is -0.475 e. The molecule has 0 unspecified atom stereocenters. The fourth-order valence-electron chi connectivity index (χ4n) is 3.99. The zero-order chi connectivity index (χ0) is 21.6. The molecule has 2 aromatic carbocycles. The third-order valence-electron chi connectivity index (χ3n) is 5.79. The van der Waals surface area contributed by atoms with Gasteiger partial charge in [0, 0.05) is 19.0 Å². The van der Waals surface area contributed by atoms with Crippen LogP contribution in [0.2, 0.25) is 0 Å². The minimum atomic E-state index is 0.00660. The normalized spacial score (nSPS) is 15.6. The Balaban J connectivity index is 1.43. The second kappa shape index (κ2) is 9.77. The van der Waals surface area contributed by atoms with Crippen LogP contribution in [0, 0.1) is 5.92 Å². The van der Waals surface area contributed by atoms with Gasteiger partial charge in [-0.3, -0.25) is 4.79 Å². The molecule has 4 rings (SSSR count). The number of aromatic nitrogens is 2. The van der Waals surface area contributed by atoms with Crippen LogP contribution in [0.15, 0.2) is 54.6 Å². The van der Waals surface area contributed by atoms with Gasteiger partial charge in [0.1, 0.15) is 0 Å². The molecule has 2 heterocycles. The molecule has 0 spiro atoms. The van der Waals surface area contributed by atoms with Crippen LogP contribution in [0.3, 0.4) is 0 Å². The summed E-state index contributed by atoms with van der Waals surface area (Å²) in [6.45, 7) is 6.23. The lowest BCUT2D eigenvalue weighted by Gasteiger charge is -2.33. The van der Waals surface area contributed by atoms with E-state index in [2.05, 4.69) is 17.1 Å². The van der Waals surface area contributed by atoms with Crippen LogP contribution in [0.5, 0.6) is 5.88 Å². The summed E-state index contributed by atoms with van der Waals surface area (Å²) in [5.74, 6) is 1.50. The number of carbonyl (C=O) groups is 1. The molecule has 0 aliphatic carbocycles. The number of rotatable bonds is 7. The first-order chi connectivity index (χ1) is 15.2. The molecular weight excluding hydrogens is 388 g/mol. The zero-order valence-electron chi connectivity index (χ0n) is 18.3. The number of hydrogen-bond donors (Lipinski definition) is 1. The van der Waals surface area contributed by atoms with Crippen molar-refractivity contribution in [2.45, 2.75) is 39.2 Å². The largest absolute Gasteiger partial charge is 0.475 e. The molecule has 31 heavy (non-hydrogen) atoms. The van der Waals surface area contributed by atoms with Gasteiger partial charge in [-0.15, -0.1) is 0 Å². The molecule has 1 aliphatic heterocycles. The molecule has 0 bridgehead atoms. The summed E-state index contributed by atoms with van der Waals surface area (Å²) in [6.07, 6.45) is 2.49. The first-order valence-electron chi connectivity index (χ1n) is 11.2. The Bertz CT molecular complexity index is 1020. The van der Waals surface area contributed by atoms with E-state index in [1.54, 1.807) is 0 Å². The Morgan fingerprint density at radius 3 is 2.39 bits per heavy atom. The van der Waals surface area contributed by atoms with Crippen LogP contribution in [0.4, 0.5) is 5.82 Å². The van der Waals surface area contributed by atoms with Gasteiger partial charge in [-0.25, -0.2) is 9.97 Å². The Morgan fingerprint density at radius 2 is 1.71 bits per heavy atom. The van der Waals surface area contributed by atoms with E-state index in [4.69, 9.17) is 14.7 Å². The van der Waals surface area contributed by atoms with Gasteiger partial charge in [0.05, 0.1) is 23.7 Å². The third-order valence-corrected chi connectivity index (χ3v) is 5.79. The molecule has 6 nitrogen and oxygen atoms in total. The number of ether oxygens (including phenoxy) is 1. The van der Waals surface area contributed by atoms with Gasteiger partial charge in [-0.1, -0.05) is 49.4 Å². The van der Waals surface area contributed by atoms with Crippen molar-refractivity contribution in [2.24, 2.45) is 5.92 Å². The van der Waals surface area contributed by atoms with E-state index in [-0.39, 0.29) is 17.9 Å². The monoisotopic (exact) mass is 418 g/mol. The zero-order valence-corrected chi connectivity index (χ0v) is 18.3. The van der Waals surface area contributed by atoms with Crippen LogP contribution in [0.25, 0.3) is 11.0 Å². The third kappa shape index (κ3) is 4.95. The maximum Gasteiger partial charge on any atom is 0.258 e. The van der Waals surface area contributed by atoms with Gasteiger partial charge in [0.25, 0.3) is 5.88 Å². The topological polar surface area (TPSA) is 67.4 Å². The average Bonchev–Trinajstić information content (AvgIpc) is 2.82. The molecule has 162 valence electrons. The first kappa shape index (κ1) is 21.1. The lowest BCUT2D eigenvalue weighted by atomic mass is 9.95. The first-order valence-corrected chi connectivity index (χ1v) is 11.2. The molecular formula is C25H30N4O2. The summed E-state index contributed by atoms with van der Waals surface area (Å²) in [6, 6.07) is 17.9. The summed E-state index contributed by atoms with van der Waals surface area (Å²) >= 11 is 0. The number of piperidine rings is 1. The molecule has 1 N–H and O–H groups in total. The number of para-hydroxylation sites is 2. The van der Waals surface area contributed by atoms with Crippen molar-refractivity contribution >= 4 is 22.8 Å². The molecule has 6 heteroatoms. The quantitative estimate of drug-likeness (QED) is 0.611. The summed E-state index contributed by atoms with van der Waals surface area (Å²) in [5.41, 5.74) is 2.82. The van der Waals surface area contributed by atoms with E-state index < -0.39 is 0 Å². The highest BCUT2D eigenvalue weighted by Gasteiger charge is 2.28. The van der Waals surface area contributed by atoms with E-state index in [0.717, 1.165) is 54.8 Å². The van der Waals surface area contributed by atoms with Crippen LogP contribution in [-0.2, 0) is 4.79 Å². The standard InChI is InChI=1S/C25H30N4O2/c1-3-17-31-25-23(27-21-11-7-8-12-22(21)28-25)29-15-13-20(14-16-29)24(30)26-18(2)19-9-5-4-6-10-19/h4-12,18,20H,3,13-17H2,1-2H3,(H,26,30)/t18-/m1/s1.